The molecule has 0 spiro atoms. The molecule has 0 saturated carbocycles. The number of nitrogens with zero attached hydrogens (tertiary/aromatic N) is 1. The maximum atomic E-state index is 12.8. The molecule has 1 saturated heterocycles. The van der Waals surface area contributed by atoms with Crippen LogP contribution in [0.1, 0.15) is 10.4 Å². The van der Waals surface area contributed by atoms with Gasteiger partial charge in [-0.2, -0.15) is 0 Å². The molecular formula is C19H20Cl2N2O4. The summed E-state index contributed by atoms with van der Waals surface area (Å²) in [5, 5.41) is 3.48. The van der Waals surface area contributed by atoms with Gasteiger partial charge >= 0.3 is 0 Å². The maximum Gasteiger partial charge on any atom is 0.255 e. The van der Waals surface area contributed by atoms with Crippen molar-refractivity contribution in [1.29, 1.82) is 0 Å². The topological polar surface area (TPSA) is 60.0 Å². The summed E-state index contributed by atoms with van der Waals surface area (Å²) in [6.07, 6.45) is 0. The van der Waals surface area contributed by atoms with Gasteiger partial charge in [0.15, 0.2) is 5.75 Å². The summed E-state index contributed by atoms with van der Waals surface area (Å²) in [5.41, 5.74) is 1.88. The van der Waals surface area contributed by atoms with E-state index in [1.54, 1.807) is 13.2 Å². The molecule has 0 bridgehead atoms. The quantitative estimate of drug-likeness (QED) is 0.803. The highest BCUT2D eigenvalue weighted by atomic mass is 35.5. The zero-order valence-electron chi connectivity index (χ0n) is 15.1. The Morgan fingerprint density at radius 1 is 1.07 bits per heavy atom. The van der Waals surface area contributed by atoms with Gasteiger partial charge < -0.3 is 24.4 Å². The summed E-state index contributed by atoms with van der Waals surface area (Å²) in [6.45, 7) is 2.77. The highest BCUT2D eigenvalue weighted by Gasteiger charge is 2.19. The monoisotopic (exact) mass is 410 g/mol. The van der Waals surface area contributed by atoms with Crippen molar-refractivity contribution in [3.63, 3.8) is 0 Å². The zero-order chi connectivity index (χ0) is 19.4. The first-order valence-corrected chi connectivity index (χ1v) is 9.14. The van der Waals surface area contributed by atoms with E-state index in [0.717, 1.165) is 18.8 Å². The number of hydrogen-bond donors (Lipinski definition) is 1. The second-order valence-electron chi connectivity index (χ2n) is 5.91. The second-order valence-corrected chi connectivity index (χ2v) is 6.72. The third-order valence-electron chi connectivity index (χ3n) is 4.27. The Balaban J connectivity index is 1.90. The van der Waals surface area contributed by atoms with Crippen LogP contribution in [0, 0.1) is 0 Å². The van der Waals surface area contributed by atoms with Gasteiger partial charge in [0.1, 0.15) is 5.75 Å². The van der Waals surface area contributed by atoms with Gasteiger partial charge in [-0.25, -0.2) is 0 Å². The van der Waals surface area contributed by atoms with E-state index in [4.69, 9.17) is 37.4 Å². The molecular weight excluding hydrogens is 391 g/mol. The van der Waals surface area contributed by atoms with Crippen LogP contribution in [0.5, 0.6) is 11.5 Å². The van der Waals surface area contributed by atoms with Crippen molar-refractivity contribution in [2.75, 3.05) is 50.7 Å². The van der Waals surface area contributed by atoms with Crippen LogP contribution in [-0.2, 0) is 4.74 Å². The Labute approximate surface area is 167 Å². The summed E-state index contributed by atoms with van der Waals surface area (Å²) in [5.74, 6) is 0.655. The fourth-order valence-electron chi connectivity index (χ4n) is 2.90. The molecule has 0 unspecified atom stereocenters. The fraction of sp³-hybridized carbons (Fsp3) is 0.316. The lowest BCUT2D eigenvalue weighted by Gasteiger charge is -2.30. The molecule has 1 heterocycles. The minimum absolute atomic E-state index is 0.272. The van der Waals surface area contributed by atoms with Crippen LogP contribution in [0.15, 0.2) is 30.3 Å². The van der Waals surface area contributed by atoms with Gasteiger partial charge in [0.25, 0.3) is 5.91 Å². The first kappa shape index (κ1) is 19.6. The molecule has 1 fully saturated rings. The van der Waals surface area contributed by atoms with Crippen LogP contribution < -0.4 is 19.7 Å². The molecule has 0 aromatic heterocycles. The molecule has 1 aliphatic rings. The number of nitrogens with one attached hydrogen (secondary N) is 1. The van der Waals surface area contributed by atoms with Crippen LogP contribution in [0.2, 0.25) is 10.0 Å². The van der Waals surface area contributed by atoms with Crippen molar-refractivity contribution in [2.45, 2.75) is 0 Å². The normalized spacial score (nSPS) is 14.0. The van der Waals surface area contributed by atoms with E-state index in [9.17, 15) is 4.79 Å². The molecule has 144 valence electrons. The molecule has 0 aliphatic carbocycles. The molecule has 6 nitrogen and oxygen atoms in total. The third-order valence-corrected chi connectivity index (χ3v) is 4.83. The van der Waals surface area contributed by atoms with Crippen LogP contribution in [0.4, 0.5) is 11.4 Å². The van der Waals surface area contributed by atoms with Gasteiger partial charge in [0.05, 0.1) is 48.9 Å². The lowest BCUT2D eigenvalue weighted by molar-refractivity contribution is 0.102. The lowest BCUT2D eigenvalue weighted by atomic mass is 10.1. The van der Waals surface area contributed by atoms with Gasteiger partial charge in [-0.15, -0.1) is 0 Å². The van der Waals surface area contributed by atoms with Crippen LogP contribution >= 0.6 is 23.2 Å². The molecule has 27 heavy (non-hydrogen) atoms. The van der Waals surface area contributed by atoms with Gasteiger partial charge in [0.2, 0.25) is 0 Å². The molecule has 2 aromatic carbocycles. The molecule has 0 radical (unpaired) electrons. The van der Waals surface area contributed by atoms with Crippen LogP contribution in [-0.4, -0.2) is 46.4 Å². The number of carbonyl (C=O) groups is 1. The third kappa shape index (κ3) is 4.40. The minimum Gasteiger partial charge on any atom is -0.497 e. The maximum absolute atomic E-state index is 12.8. The minimum atomic E-state index is -0.329. The Kier molecular flexibility index (Phi) is 6.31. The van der Waals surface area contributed by atoms with Crippen LogP contribution in [0.3, 0.4) is 0 Å². The highest BCUT2D eigenvalue weighted by molar-refractivity contribution is 6.37. The number of ether oxygens (including phenoxy) is 3. The second kappa shape index (κ2) is 8.69. The number of amides is 1. The van der Waals surface area contributed by atoms with Gasteiger partial charge in [0, 0.05) is 24.7 Å². The van der Waals surface area contributed by atoms with Crippen molar-refractivity contribution in [1.82, 2.24) is 0 Å². The first-order chi connectivity index (χ1) is 13.0. The Morgan fingerprint density at radius 2 is 1.74 bits per heavy atom. The van der Waals surface area contributed by atoms with Crippen molar-refractivity contribution >= 4 is 40.5 Å². The van der Waals surface area contributed by atoms with Crippen molar-refractivity contribution in [3.8, 4) is 11.5 Å². The van der Waals surface area contributed by atoms with E-state index in [1.807, 2.05) is 12.1 Å². The van der Waals surface area contributed by atoms with E-state index in [-0.39, 0.29) is 16.0 Å². The van der Waals surface area contributed by atoms with Crippen molar-refractivity contribution in [3.05, 3.63) is 45.9 Å². The molecule has 2 aromatic rings. The van der Waals surface area contributed by atoms with E-state index in [1.165, 1.54) is 19.2 Å². The highest BCUT2D eigenvalue weighted by Crippen LogP contribution is 2.35. The van der Waals surface area contributed by atoms with Crippen molar-refractivity contribution in [2.24, 2.45) is 0 Å². The molecule has 1 aliphatic heterocycles. The number of methoxy groups -OCH3 is 2. The number of anilines is 2. The Bertz CT molecular complexity index is 815. The van der Waals surface area contributed by atoms with Gasteiger partial charge in [-0.3, -0.25) is 4.79 Å². The summed E-state index contributed by atoms with van der Waals surface area (Å²) in [4.78, 5) is 15.0. The summed E-state index contributed by atoms with van der Waals surface area (Å²) < 4.78 is 15.8. The predicted molar refractivity (Wildman–Crippen MR) is 107 cm³/mol. The molecule has 1 N–H and O–H groups in total. The van der Waals surface area contributed by atoms with E-state index < -0.39 is 0 Å². The Morgan fingerprint density at radius 3 is 2.33 bits per heavy atom. The lowest BCUT2D eigenvalue weighted by Crippen LogP contribution is -2.36. The predicted octanol–water partition coefficient (Wildman–Crippen LogP) is 4.10. The largest absolute Gasteiger partial charge is 0.497 e. The van der Waals surface area contributed by atoms with Gasteiger partial charge in [-0.05, 0) is 24.3 Å². The van der Waals surface area contributed by atoms with Crippen LogP contribution in [0.25, 0.3) is 0 Å². The van der Waals surface area contributed by atoms with E-state index in [0.29, 0.717) is 36.0 Å². The SMILES string of the molecule is COc1ccc(N2CCOCC2)c(NC(=O)c2cc(Cl)c(OC)c(Cl)c2)c1. The number of carbonyl (C=O) groups excluding carboxylic acids is 1. The van der Waals surface area contributed by atoms with Gasteiger partial charge in [-0.1, -0.05) is 23.2 Å². The molecule has 0 atom stereocenters. The average Bonchev–Trinajstić information content (AvgIpc) is 2.68. The number of morpholine rings is 1. The first-order valence-electron chi connectivity index (χ1n) is 8.38. The number of halogens is 2. The smallest absolute Gasteiger partial charge is 0.255 e. The van der Waals surface area contributed by atoms with Crippen molar-refractivity contribution < 1.29 is 19.0 Å². The van der Waals surface area contributed by atoms with E-state index in [2.05, 4.69) is 10.2 Å². The summed E-state index contributed by atoms with van der Waals surface area (Å²) >= 11 is 12.3. The zero-order valence-corrected chi connectivity index (χ0v) is 16.6. The Hall–Kier alpha value is -2.15. The summed E-state index contributed by atoms with van der Waals surface area (Å²) in [6, 6.07) is 8.62. The molecule has 1 amide bonds. The average molecular weight is 411 g/mol. The summed E-state index contributed by atoms with van der Waals surface area (Å²) in [7, 11) is 3.05. The fourth-order valence-corrected chi connectivity index (χ4v) is 3.54. The number of hydrogen-bond acceptors (Lipinski definition) is 5. The molecule has 8 heteroatoms. The molecule has 3 rings (SSSR count). The number of benzene rings is 2. The number of rotatable bonds is 5. The standard InChI is InChI=1S/C19H20Cl2N2O4/c1-25-13-3-4-17(23-5-7-27-8-6-23)16(11-13)22-19(24)12-9-14(20)18(26-2)15(21)10-12/h3-4,9-11H,5-8H2,1-2H3,(H,22,24). The van der Waals surface area contributed by atoms with E-state index >= 15 is 0 Å².